The fourth-order valence-electron chi connectivity index (χ4n) is 3.54. The molecule has 1 aliphatic heterocycles. The van der Waals surface area contributed by atoms with Crippen molar-refractivity contribution in [2.24, 2.45) is 0 Å². The van der Waals surface area contributed by atoms with E-state index in [0.717, 1.165) is 28.0 Å². The van der Waals surface area contributed by atoms with E-state index in [1.165, 1.54) is 0 Å². The third-order valence-electron chi connectivity index (χ3n) is 4.76. The molecule has 138 valence electrons. The molecule has 1 N–H and O–H groups in total. The molecule has 6 heteroatoms. The van der Waals surface area contributed by atoms with Gasteiger partial charge in [0.15, 0.2) is 0 Å². The molecule has 1 aliphatic rings. The van der Waals surface area contributed by atoms with E-state index in [0.29, 0.717) is 18.1 Å². The quantitative estimate of drug-likeness (QED) is 0.712. The normalized spacial score (nSPS) is 16.0. The number of esters is 1. The van der Waals surface area contributed by atoms with Crippen LogP contribution < -0.4 is 10.1 Å². The van der Waals surface area contributed by atoms with E-state index in [2.05, 4.69) is 9.88 Å². The van der Waals surface area contributed by atoms with Crippen LogP contribution in [-0.2, 0) is 9.53 Å². The highest BCUT2D eigenvalue weighted by molar-refractivity contribution is 5.94. The predicted octanol–water partition coefficient (Wildman–Crippen LogP) is 3.90. The number of carbonyl (C=O) groups is 1. The van der Waals surface area contributed by atoms with Crippen LogP contribution in [0.15, 0.2) is 59.8 Å². The number of nitrogens with zero attached hydrogens (tertiary/aromatic N) is 2. The van der Waals surface area contributed by atoms with Gasteiger partial charge in [0.2, 0.25) is 5.95 Å². The van der Waals surface area contributed by atoms with Crippen molar-refractivity contribution >= 4 is 23.0 Å². The van der Waals surface area contributed by atoms with Crippen molar-refractivity contribution in [2.75, 3.05) is 19.0 Å². The topological polar surface area (TPSA) is 65.4 Å². The average Bonchev–Trinajstić information content (AvgIpc) is 3.05. The Labute approximate surface area is 157 Å². The van der Waals surface area contributed by atoms with Gasteiger partial charge >= 0.3 is 5.97 Å². The number of aromatic nitrogens is 2. The van der Waals surface area contributed by atoms with Crippen molar-refractivity contribution < 1.29 is 14.3 Å². The van der Waals surface area contributed by atoms with E-state index in [-0.39, 0.29) is 12.0 Å². The molecule has 27 heavy (non-hydrogen) atoms. The number of hydrogen-bond donors (Lipinski definition) is 1. The van der Waals surface area contributed by atoms with Crippen LogP contribution in [0, 0.1) is 0 Å². The van der Waals surface area contributed by atoms with Crippen LogP contribution in [0.25, 0.3) is 11.0 Å². The summed E-state index contributed by atoms with van der Waals surface area (Å²) < 4.78 is 12.7. The van der Waals surface area contributed by atoms with Crippen molar-refractivity contribution in [3.63, 3.8) is 0 Å². The van der Waals surface area contributed by atoms with Gasteiger partial charge < -0.3 is 14.8 Å². The van der Waals surface area contributed by atoms with Gasteiger partial charge in [-0.2, -0.15) is 0 Å². The van der Waals surface area contributed by atoms with E-state index in [9.17, 15) is 4.79 Å². The van der Waals surface area contributed by atoms with Gasteiger partial charge in [0.25, 0.3) is 0 Å². The molecular weight excluding hydrogens is 342 g/mol. The standard InChI is InChI=1S/C21H21N3O3/c1-4-27-20(25)18-13(2)22-21-23-16-7-5-6-8-17(16)24(21)19(18)14-9-11-15(26-3)12-10-14/h5-12,19H,4H2,1-3H3,(H,22,23). The van der Waals surface area contributed by atoms with Gasteiger partial charge in [0, 0.05) is 5.70 Å². The Morgan fingerprint density at radius 2 is 1.93 bits per heavy atom. The summed E-state index contributed by atoms with van der Waals surface area (Å²) in [5.41, 5.74) is 4.12. The molecule has 0 saturated carbocycles. The number of allylic oxidation sites excluding steroid dienone is 1. The Balaban J connectivity index is 1.94. The Kier molecular flexibility index (Phi) is 4.32. The largest absolute Gasteiger partial charge is 0.497 e. The van der Waals surface area contributed by atoms with E-state index >= 15 is 0 Å². The van der Waals surface area contributed by atoms with E-state index in [4.69, 9.17) is 14.5 Å². The maximum atomic E-state index is 12.8. The molecule has 1 unspecified atom stereocenters. The van der Waals surface area contributed by atoms with Gasteiger partial charge in [0.05, 0.1) is 36.4 Å². The number of benzene rings is 2. The molecule has 2 heterocycles. The van der Waals surface area contributed by atoms with Crippen LogP contribution in [-0.4, -0.2) is 29.2 Å². The average molecular weight is 363 g/mol. The summed E-state index contributed by atoms with van der Waals surface area (Å²) in [6.07, 6.45) is 0. The highest BCUT2D eigenvalue weighted by Crippen LogP contribution is 2.39. The van der Waals surface area contributed by atoms with E-state index in [1.807, 2.05) is 62.4 Å². The van der Waals surface area contributed by atoms with E-state index < -0.39 is 0 Å². The van der Waals surface area contributed by atoms with Crippen molar-refractivity contribution in [3.05, 3.63) is 65.4 Å². The number of fused-ring (bicyclic) bond motifs is 3. The molecule has 0 aliphatic carbocycles. The smallest absolute Gasteiger partial charge is 0.338 e. The number of nitrogens with one attached hydrogen (secondary N) is 1. The molecule has 0 amide bonds. The van der Waals surface area contributed by atoms with Crippen LogP contribution >= 0.6 is 0 Å². The lowest BCUT2D eigenvalue weighted by molar-refractivity contribution is -0.139. The summed E-state index contributed by atoms with van der Waals surface area (Å²) >= 11 is 0. The highest BCUT2D eigenvalue weighted by atomic mass is 16.5. The first-order chi connectivity index (χ1) is 13.1. The number of para-hydroxylation sites is 2. The Hall–Kier alpha value is -3.28. The summed E-state index contributed by atoms with van der Waals surface area (Å²) in [6, 6.07) is 15.3. The van der Waals surface area contributed by atoms with Crippen molar-refractivity contribution in [1.29, 1.82) is 0 Å². The maximum absolute atomic E-state index is 12.8. The summed E-state index contributed by atoms with van der Waals surface area (Å²) in [7, 11) is 1.63. The number of rotatable bonds is 4. The van der Waals surface area contributed by atoms with Crippen molar-refractivity contribution in [1.82, 2.24) is 9.55 Å². The first-order valence-electron chi connectivity index (χ1n) is 8.90. The zero-order valence-corrected chi connectivity index (χ0v) is 15.5. The molecule has 0 saturated heterocycles. The minimum atomic E-state index is -0.335. The second kappa shape index (κ2) is 6.79. The molecule has 1 aromatic heterocycles. The second-order valence-corrected chi connectivity index (χ2v) is 6.35. The van der Waals surface area contributed by atoms with Gasteiger partial charge in [-0.25, -0.2) is 9.78 Å². The number of carbonyl (C=O) groups excluding carboxylic acids is 1. The number of imidazole rings is 1. The summed E-state index contributed by atoms with van der Waals surface area (Å²) in [6.45, 7) is 4.01. The van der Waals surface area contributed by atoms with Gasteiger partial charge in [0.1, 0.15) is 5.75 Å². The number of hydrogen-bond acceptors (Lipinski definition) is 5. The summed E-state index contributed by atoms with van der Waals surface area (Å²) in [5.74, 6) is 1.15. The first kappa shape index (κ1) is 17.1. The predicted molar refractivity (Wildman–Crippen MR) is 104 cm³/mol. The molecule has 4 rings (SSSR count). The third kappa shape index (κ3) is 2.83. The molecule has 0 fully saturated rings. The Bertz CT molecular complexity index is 1030. The number of ether oxygens (including phenoxy) is 2. The fourth-order valence-corrected chi connectivity index (χ4v) is 3.54. The van der Waals surface area contributed by atoms with Crippen LogP contribution in [0.1, 0.15) is 25.5 Å². The molecule has 2 aromatic carbocycles. The molecule has 3 aromatic rings. The molecule has 0 spiro atoms. The lowest BCUT2D eigenvalue weighted by Crippen LogP contribution is -2.29. The molecule has 0 radical (unpaired) electrons. The lowest BCUT2D eigenvalue weighted by atomic mass is 9.95. The molecular formula is C21H21N3O3. The minimum Gasteiger partial charge on any atom is -0.497 e. The third-order valence-corrected chi connectivity index (χ3v) is 4.76. The monoisotopic (exact) mass is 363 g/mol. The SMILES string of the molecule is CCOC(=O)C1=C(C)Nc2nc3ccccc3n2C1c1ccc(OC)cc1. The van der Waals surface area contributed by atoms with Gasteiger partial charge in [-0.1, -0.05) is 24.3 Å². The van der Waals surface area contributed by atoms with Gasteiger partial charge in [-0.3, -0.25) is 4.57 Å². The lowest BCUT2D eigenvalue weighted by Gasteiger charge is -2.30. The number of anilines is 1. The highest BCUT2D eigenvalue weighted by Gasteiger charge is 2.34. The minimum absolute atomic E-state index is 0.322. The summed E-state index contributed by atoms with van der Waals surface area (Å²) in [4.78, 5) is 17.5. The fraction of sp³-hybridized carbons (Fsp3) is 0.238. The summed E-state index contributed by atoms with van der Waals surface area (Å²) in [5, 5.41) is 3.27. The van der Waals surface area contributed by atoms with E-state index in [1.54, 1.807) is 7.11 Å². The van der Waals surface area contributed by atoms with Crippen molar-refractivity contribution in [2.45, 2.75) is 19.9 Å². The second-order valence-electron chi connectivity index (χ2n) is 6.35. The van der Waals surface area contributed by atoms with Crippen molar-refractivity contribution in [3.8, 4) is 5.75 Å². The maximum Gasteiger partial charge on any atom is 0.338 e. The van der Waals surface area contributed by atoms with Crippen LogP contribution in [0.3, 0.4) is 0 Å². The first-order valence-corrected chi connectivity index (χ1v) is 8.90. The molecule has 1 atom stereocenters. The number of methoxy groups -OCH3 is 1. The van der Waals surface area contributed by atoms with Gasteiger partial charge in [-0.05, 0) is 43.7 Å². The Morgan fingerprint density at radius 3 is 2.63 bits per heavy atom. The van der Waals surface area contributed by atoms with Crippen LogP contribution in [0.5, 0.6) is 5.75 Å². The molecule has 0 bridgehead atoms. The zero-order chi connectivity index (χ0) is 19.0. The van der Waals surface area contributed by atoms with Crippen LogP contribution in [0.2, 0.25) is 0 Å². The molecule has 6 nitrogen and oxygen atoms in total. The Morgan fingerprint density at radius 1 is 1.19 bits per heavy atom. The van der Waals surface area contributed by atoms with Crippen LogP contribution in [0.4, 0.5) is 5.95 Å². The van der Waals surface area contributed by atoms with Gasteiger partial charge in [-0.15, -0.1) is 0 Å². The zero-order valence-electron chi connectivity index (χ0n) is 15.5.